The highest BCUT2D eigenvalue weighted by molar-refractivity contribution is 4.86. The lowest BCUT2D eigenvalue weighted by atomic mass is 10.0. The van der Waals surface area contributed by atoms with E-state index < -0.39 is 0 Å². The molecule has 2 nitrogen and oxygen atoms in total. The molecule has 1 aliphatic heterocycles. The molecular formula is C6H14N2. The minimum absolute atomic E-state index is 0.305. The van der Waals surface area contributed by atoms with Gasteiger partial charge in [-0.15, -0.1) is 0 Å². The molecule has 0 aromatic rings. The van der Waals surface area contributed by atoms with E-state index in [1.165, 1.54) is 6.42 Å². The van der Waals surface area contributed by atoms with Crippen LogP contribution in [0.15, 0.2) is 0 Å². The van der Waals surface area contributed by atoms with E-state index in [2.05, 4.69) is 31.6 Å². The standard InChI is InChI=1S/C6H14N2/c1-5-4-6(2,3)8-7-5/h5,7-8H,4H2,1-3H3. The molecular weight excluding hydrogens is 100 g/mol. The van der Waals surface area contributed by atoms with Gasteiger partial charge in [0, 0.05) is 11.6 Å². The van der Waals surface area contributed by atoms with Gasteiger partial charge in [0.25, 0.3) is 0 Å². The highest BCUT2D eigenvalue weighted by Gasteiger charge is 2.26. The molecule has 1 saturated heterocycles. The van der Waals surface area contributed by atoms with Crippen LogP contribution in [0.4, 0.5) is 0 Å². The fourth-order valence-corrected chi connectivity index (χ4v) is 1.19. The van der Waals surface area contributed by atoms with Crippen LogP contribution in [0, 0.1) is 0 Å². The Kier molecular flexibility index (Phi) is 1.29. The summed E-state index contributed by atoms with van der Waals surface area (Å²) in [5.41, 5.74) is 6.66. The Morgan fingerprint density at radius 3 is 2.25 bits per heavy atom. The molecule has 0 bridgehead atoms. The maximum absolute atomic E-state index is 3.20. The van der Waals surface area contributed by atoms with Crippen LogP contribution in [0.3, 0.4) is 0 Å². The molecule has 0 aromatic carbocycles. The average Bonchev–Trinajstić information content (AvgIpc) is 1.82. The van der Waals surface area contributed by atoms with Gasteiger partial charge >= 0.3 is 0 Å². The van der Waals surface area contributed by atoms with Gasteiger partial charge in [-0.3, -0.25) is 10.9 Å². The third-order valence-corrected chi connectivity index (χ3v) is 1.47. The van der Waals surface area contributed by atoms with Crippen molar-refractivity contribution in [3.05, 3.63) is 0 Å². The summed E-state index contributed by atoms with van der Waals surface area (Å²) in [4.78, 5) is 0. The average molecular weight is 114 g/mol. The van der Waals surface area contributed by atoms with E-state index >= 15 is 0 Å². The first-order chi connectivity index (χ1) is 3.60. The van der Waals surface area contributed by atoms with Crippen molar-refractivity contribution in [1.29, 1.82) is 0 Å². The summed E-state index contributed by atoms with van der Waals surface area (Å²) in [5, 5.41) is 0. The van der Waals surface area contributed by atoms with Gasteiger partial charge in [0.05, 0.1) is 0 Å². The van der Waals surface area contributed by atoms with E-state index in [9.17, 15) is 0 Å². The largest absolute Gasteiger partial charge is 0.254 e. The van der Waals surface area contributed by atoms with E-state index in [1.54, 1.807) is 0 Å². The number of nitrogens with one attached hydrogen (secondary N) is 2. The summed E-state index contributed by atoms with van der Waals surface area (Å²) in [7, 11) is 0. The number of hydrazine groups is 1. The molecule has 0 aliphatic carbocycles. The van der Waals surface area contributed by atoms with Crippen molar-refractivity contribution in [2.45, 2.75) is 38.8 Å². The van der Waals surface area contributed by atoms with Gasteiger partial charge in [-0.1, -0.05) is 0 Å². The lowest BCUT2D eigenvalue weighted by molar-refractivity contribution is 0.431. The highest BCUT2D eigenvalue weighted by Crippen LogP contribution is 2.14. The molecule has 0 radical (unpaired) electrons. The smallest absolute Gasteiger partial charge is 0.0282 e. The van der Waals surface area contributed by atoms with Crippen LogP contribution in [-0.2, 0) is 0 Å². The predicted octanol–water partition coefficient (Wildman–Crippen LogP) is 0.651. The van der Waals surface area contributed by atoms with Gasteiger partial charge in [0.1, 0.15) is 0 Å². The Morgan fingerprint density at radius 2 is 2.12 bits per heavy atom. The quantitative estimate of drug-likeness (QED) is 0.483. The molecule has 1 unspecified atom stereocenters. The van der Waals surface area contributed by atoms with Crippen LogP contribution in [-0.4, -0.2) is 11.6 Å². The molecule has 1 rings (SSSR count). The maximum atomic E-state index is 3.20. The van der Waals surface area contributed by atoms with Gasteiger partial charge in [-0.25, -0.2) is 0 Å². The van der Waals surface area contributed by atoms with Crippen molar-refractivity contribution < 1.29 is 0 Å². The molecule has 1 fully saturated rings. The summed E-state index contributed by atoms with van der Waals surface area (Å²) >= 11 is 0. The number of hydrogen-bond acceptors (Lipinski definition) is 2. The van der Waals surface area contributed by atoms with Gasteiger partial charge in [-0.05, 0) is 27.2 Å². The molecule has 8 heavy (non-hydrogen) atoms. The van der Waals surface area contributed by atoms with Crippen LogP contribution in [0.5, 0.6) is 0 Å². The SMILES string of the molecule is CC1CC(C)(C)NN1. The first-order valence-corrected chi connectivity index (χ1v) is 3.13. The van der Waals surface area contributed by atoms with Crippen LogP contribution >= 0.6 is 0 Å². The molecule has 2 N–H and O–H groups in total. The normalized spacial score (nSPS) is 35.6. The first-order valence-electron chi connectivity index (χ1n) is 3.13. The summed E-state index contributed by atoms with van der Waals surface area (Å²) in [5.74, 6) is 0. The number of rotatable bonds is 0. The van der Waals surface area contributed by atoms with Crippen molar-refractivity contribution in [3.63, 3.8) is 0 Å². The third-order valence-electron chi connectivity index (χ3n) is 1.47. The van der Waals surface area contributed by atoms with Crippen LogP contribution in [0.1, 0.15) is 27.2 Å². The van der Waals surface area contributed by atoms with E-state index in [0.29, 0.717) is 11.6 Å². The fraction of sp³-hybridized carbons (Fsp3) is 1.00. The van der Waals surface area contributed by atoms with Crippen molar-refractivity contribution in [2.24, 2.45) is 0 Å². The van der Waals surface area contributed by atoms with Gasteiger partial charge in [0.2, 0.25) is 0 Å². The molecule has 1 aliphatic rings. The maximum Gasteiger partial charge on any atom is 0.0282 e. The summed E-state index contributed by atoms with van der Waals surface area (Å²) in [6, 6.07) is 0.630. The molecule has 0 saturated carbocycles. The molecule has 0 spiro atoms. The summed E-state index contributed by atoms with van der Waals surface area (Å²) < 4.78 is 0. The molecule has 1 atom stereocenters. The monoisotopic (exact) mass is 114 g/mol. The second-order valence-electron chi connectivity index (χ2n) is 3.26. The Labute approximate surface area is 50.6 Å². The molecule has 48 valence electrons. The zero-order chi connectivity index (χ0) is 6.20. The van der Waals surface area contributed by atoms with Crippen LogP contribution in [0.2, 0.25) is 0 Å². The number of hydrogen-bond donors (Lipinski definition) is 2. The van der Waals surface area contributed by atoms with Crippen molar-refractivity contribution >= 4 is 0 Å². The van der Waals surface area contributed by atoms with Crippen LogP contribution < -0.4 is 10.9 Å². The van der Waals surface area contributed by atoms with Crippen molar-refractivity contribution in [2.75, 3.05) is 0 Å². The van der Waals surface area contributed by atoms with E-state index in [-0.39, 0.29) is 0 Å². The van der Waals surface area contributed by atoms with Gasteiger partial charge in [-0.2, -0.15) is 0 Å². The van der Waals surface area contributed by atoms with Gasteiger partial charge < -0.3 is 0 Å². The Hall–Kier alpha value is -0.0800. The summed E-state index contributed by atoms with van der Waals surface area (Å²) in [6.45, 7) is 6.58. The second-order valence-corrected chi connectivity index (χ2v) is 3.26. The zero-order valence-electron chi connectivity index (χ0n) is 5.78. The molecule has 0 amide bonds. The van der Waals surface area contributed by atoms with Crippen LogP contribution in [0.25, 0.3) is 0 Å². The van der Waals surface area contributed by atoms with E-state index in [4.69, 9.17) is 0 Å². The zero-order valence-corrected chi connectivity index (χ0v) is 5.78. The third kappa shape index (κ3) is 1.20. The Balaban J connectivity index is 2.44. The first kappa shape index (κ1) is 6.05. The lowest BCUT2D eigenvalue weighted by Crippen LogP contribution is -2.38. The fourth-order valence-electron chi connectivity index (χ4n) is 1.19. The van der Waals surface area contributed by atoms with E-state index in [0.717, 1.165) is 0 Å². The summed E-state index contributed by atoms with van der Waals surface area (Å²) in [6.07, 6.45) is 1.22. The predicted molar refractivity (Wildman–Crippen MR) is 34.4 cm³/mol. The Morgan fingerprint density at radius 1 is 1.50 bits per heavy atom. The molecule has 0 aromatic heterocycles. The van der Waals surface area contributed by atoms with Crippen molar-refractivity contribution in [3.8, 4) is 0 Å². The molecule has 2 heteroatoms. The minimum Gasteiger partial charge on any atom is -0.254 e. The highest BCUT2D eigenvalue weighted by atomic mass is 15.4. The molecule has 1 heterocycles. The Bertz CT molecular complexity index is 88.5. The van der Waals surface area contributed by atoms with E-state index in [1.807, 2.05) is 0 Å². The minimum atomic E-state index is 0.305. The van der Waals surface area contributed by atoms with Crippen molar-refractivity contribution in [1.82, 2.24) is 10.9 Å². The second kappa shape index (κ2) is 1.71. The van der Waals surface area contributed by atoms with Gasteiger partial charge in [0.15, 0.2) is 0 Å². The topological polar surface area (TPSA) is 24.1 Å². The lowest BCUT2D eigenvalue weighted by Gasteiger charge is -2.14.